The Kier molecular flexibility index (Phi) is 4.16. The summed E-state index contributed by atoms with van der Waals surface area (Å²) in [5.74, 6) is 1.15. The third kappa shape index (κ3) is 2.57. The van der Waals surface area contributed by atoms with E-state index in [1.807, 2.05) is 0 Å². The Labute approximate surface area is 127 Å². The van der Waals surface area contributed by atoms with Crippen molar-refractivity contribution in [3.63, 3.8) is 0 Å². The minimum atomic E-state index is 0.427. The van der Waals surface area contributed by atoms with Crippen LogP contribution < -0.4 is 20.9 Å². The average molecular weight is 313 g/mol. The molecule has 0 saturated carbocycles. The van der Waals surface area contributed by atoms with Crippen LogP contribution in [0.15, 0.2) is 24.3 Å². The van der Waals surface area contributed by atoms with Gasteiger partial charge in [0.05, 0.1) is 35.6 Å². The summed E-state index contributed by atoms with van der Waals surface area (Å²) in [6.45, 7) is 0. The monoisotopic (exact) mass is 312 g/mol. The van der Waals surface area contributed by atoms with Crippen LogP contribution in [0.3, 0.4) is 0 Å². The second kappa shape index (κ2) is 5.69. The smallest absolute Gasteiger partial charge is 0.128 e. The van der Waals surface area contributed by atoms with Crippen LogP contribution in [-0.2, 0) is 0 Å². The van der Waals surface area contributed by atoms with E-state index >= 15 is 0 Å². The summed E-state index contributed by atoms with van der Waals surface area (Å²) in [6.07, 6.45) is 0. The molecule has 106 valence electrons. The number of anilines is 2. The molecule has 0 heterocycles. The van der Waals surface area contributed by atoms with Gasteiger partial charge in [-0.1, -0.05) is 23.2 Å². The lowest BCUT2D eigenvalue weighted by molar-refractivity contribution is 0.410. The highest BCUT2D eigenvalue weighted by Crippen LogP contribution is 2.42. The molecule has 0 saturated heterocycles. The fourth-order valence-corrected chi connectivity index (χ4v) is 2.22. The largest absolute Gasteiger partial charge is 0.496 e. The Balaban J connectivity index is 2.73. The molecule has 0 amide bonds. The molecule has 0 atom stereocenters. The van der Waals surface area contributed by atoms with Gasteiger partial charge in [0.1, 0.15) is 11.5 Å². The predicted molar refractivity (Wildman–Crippen MR) is 83.8 cm³/mol. The van der Waals surface area contributed by atoms with E-state index < -0.39 is 0 Å². The molecule has 2 aromatic rings. The predicted octanol–water partition coefficient (Wildman–Crippen LogP) is 3.84. The number of hydrogen-bond acceptors (Lipinski definition) is 4. The number of halogens is 2. The molecule has 6 heteroatoms. The van der Waals surface area contributed by atoms with Crippen molar-refractivity contribution in [1.82, 2.24) is 0 Å². The highest BCUT2D eigenvalue weighted by molar-refractivity contribution is 6.34. The minimum absolute atomic E-state index is 0.427. The third-order valence-electron chi connectivity index (χ3n) is 2.93. The van der Waals surface area contributed by atoms with Gasteiger partial charge in [0, 0.05) is 23.3 Å². The van der Waals surface area contributed by atoms with E-state index in [4.69, 9.17) is 44.1 Å². The number of hydrogen-bond donors (Lipinski definition) is 2. The van der Waals surface area contributed by atoms with E-state index in [0.717, 1.165) is 11.1 Å². The maximum atomic E-state index is 6.08. The summed E-state index contributed by atoms with van der Waals surface area (Å²) in [4.78, 5) is 0. The van der Waals surface area contributed by atoms with Crippen LogP contribution in [0.2, 0.25) is 10.0 Å². The fourth-order valence-electron chi connectivity index (χ4n) is 1.90. The van der Waals surface area contributed by atoms with Crippen molar-refractivity contribution in [2.45, 2.75) is 0 Å². The maximum Gasteiger partial charge on any atom is 0.128 e. The molecule has 0 aliphatic carbocycles. The van der Waals surface area contributed by atoms with Crippen LogP contribution >= 0.6 is 23.2 Å². The summed E-state index contributed by atoms with van der Waals surface area (Å²) in [5, 5.41) is 0.853. The first-order valence-corrected chi connectivity index (χ1v) is 6.50. The number of ether oxygens (including phenoxy) is 2. The first-order valence-electron chi connectivity index (χ1n) is 5.74. The summed E-state index contributed by atoms with van der Waals surface area (Å²) < 4.78 is 10.7. The normalized spacial score (nSPS) is 10.4. The van der Waals surface area contributed by atoms with Crippen molar-refractivity contribution in [2.24, 2.45) is 0 Å². The third-order valence-corrected chi connectivity index (χ3v) is 3.58. The lowest BCUT2D eigenvalue weighted by Crippen LogP contribution is -1.96. The first-order chi connectivity index (χ1) is 9.47. The van der Waals surface area contributed by atoms with Gasteiger partial charge in [-0.25, -0.2) is 0 Å². The molecule has 2 aromatic carbocycles. The summed E-state index contributed by atoms with van der Waals surface area (Å²) in [6, 6.07) is 6.73. The van der Waals surface area contributed by atoms with E-state index in [-0.39, 0.29) is 0 Å². The Morgan fingerprint density at radius 3 is 1.40 bits per heavy atom. The molecule has 20 heavy (non-hydrogen) atoms. The average Bonchev–Trinajstić information content (AvgIpc) is 2.43. The fraction of sp³-hybridized carbons (Fsp3) is 0.143. The number of nitrogens with two attached hydrogens (primary N) is 2. The van der Waals surface area contributed by atoms with Gasteiger partial charge in [-0.2, -0.15) is 0 Å². The van der Waals surface area contributed by atoms with Crippen molar-refractivity contribution in [3.8, 4) is 22.6 Å². The Morgan fingerprint density at radius 2 is 1.10 bits per heavy atom. The summed E-state index contributed by atoms with van der Waals surface area (Å²) in [5.41, 5.74) is 13.9. The molecular weight excluding hydrogens is 299 g/mol. The quantitative estimate of drug-likeness (QED) is 0.845. The van der Waals surface area contributed by atoms with Gasteiger partial charge in [-0.15, -0.1) is 0 Å². The molecule has 0 fully saturated rings. The second-order valence-electron chi connectivity index (χ2n) is 4.15. The topological polar surface area (TPSA) is 70.5 Å². The molecular formula is C14H14Cl2N2O2. The Bertz CT molecular complexity index is 603. The lowest BCUT2D eigenvalue weighted by atomic mass is 10.0. The van der Waals surface area contributed by atoms with Crippen LogP contribution in [0.4, 0.5) is 11.4 Å². The van der Waals surface area contributed by atoms with Gasteiger partial charge in [0.2, 0.25) is 0 Å². The highest BCUT2D eigenvalue weighted by Gasteiger charge is 2.15. The van der Waals surface area contributed by atoms with Crippen LogP contribution in [0, 0.1) is 0 Å². The zero-order chi connectivity index (χ0) is 14.9. The molecule has 0 aliphatic heterocycles. The molecule has 2 rings (SSSR count). The van der Waals surface area contributed by atoms with E-state index in [1.165, 1.54) is 0 Å². The van der Waals surface area contributed by atoms with Crippen molar-refractivity contribution < 1.29 is 9.47 Å². The minimum Gasteiger partial charge on any atom is -0.496 e. The lowest BCUT2D eigenvalue weighted by Gasteiger charge is -2.15. The summed E-state index contributed by atoms with van der Waals surface area (Å²) >= 11 is 12.2. The highest BCUT2D eigenvalue weighted by atomic mass is 35.5. The SMILES string of the molecule is COc1cc(N)c(Cl)cc1-c1cc(Cl)c(N)cc1OC. The van der Waals surface area contributed by atoms with Crippen molar-refractivity contribution in [3.05, 3.63) is 34.3 Å². The zero-order valence-electron chi connectivity index (χ0n) is 11.0. The van der Waals surface area contributed by atoms with E-state index in [1.54, 1.807) is 38.5 Å². The van der Waals surface area contributed by atoms with Gasteiger partial charge in [-0.05, 0) is 12.1 Å². The number of rotatable bonds is 3. The number of nitrogen functional groups attached to an aromatic ring is 2. The first kappa shape index (κ1) is 14.6. The molecule has 0 bridgehead atoms. The molecule has 0 spiro atoms. The van der Waals surface area contributed by atoms with E-state index in [0.29, 0.717) is 32.9 Å². The van der Waals surface area contributed by atoms with E-state index in [9.17, 15) is 0 Å². The van der Waals surface area contributed by atoms with Crippen molar-refractivity contribution in [2.75, 3.05) is 25.7 Å². The molecule has 0 aliphatic rings. The zero-order valence-corrected chi connectivity index (χ0v) is 12.5. The molecule has 4 N–H and O–H groups in total. The molecule has 4 nitrogen and oxygen atoms in total. The summed E-state index contributed by atoms with van der Waals surface area (Å²) in [7, 11) is 3.11. The van der Waals surface area contributed by atoms with Gasteiger partial charge in [0.25, 0.3) is 0 Å². The van der Waals surface area contributed by atoms with Gasteiger partial charge in [0.15, 0.2) is 0 Å². The van der Waals surface area contributed by atoms with Crippen LogP contribution in [0.25, 0.3) is 11.1 Å². The maximum absolute atomic E-state index is 6.08. The van der Waals surface area contributed by atoms with Crippen LogP contribution in [-0.4, -0.2) is 14.2 Å². The number of benzene rings is 2. The van der Waals surface area contributed by atoms with Gasteiger partial charge >= 0.3 is 0 Å². The van der Waals surface area contributed by atoms with Crippen LogP contribution in [0.1, 0.15) is 0 Å². The second-order valence-corrected chi connectivity index (χ2v) is 4.96. The van der Waals surface area contributed by atoms with E-state index in [2.05, 4.69) is 0 Å². The van der Waals surface area contributed by atoms with Gasteiger partial charge < -0.3 is 20.9 Å². The van der Waals surface area contributed by atoms with Gasteiger partial charge in [-0.3, -0.25) is 0 Å². The van der Waals surface area contributed by atoms with Crippen molar-refractivity contribution in [1.29, 1.82) is 0 Å². The van der Waals surface area contributed by atoms with Crippen LogP contribution in [0.5, 0.6) is 11.5 Å². The standard InChI is InChI=1S/C14H14Cl2N2O2/c1-19-13-5-11(17)9(15)3-7(13)8-4-10(16)12(18)6-14(8)20-2/h3-6H,17-18H2,1-2H3. The van der Waals surface area contributed by atoms with Crippen molar-refractivity contribution >= 4 is 34.6 Å². The molecule has 0 unspecified atom stereocenters. The molecule has 0 radical (unpaired) electrons. The number of methoxy groups -OCH3 is 2. The Morgan fingerprint density at radius 1 is 0.750 bits per heavy atom. The molecule has 0 aromatic heterocycles. The Hall–Kier alpha value is -1.78.